The molecule has 0 rings (SSSR count). The number of carbonyl (C=O) groups is 1. The zero-order valence-corrected chi connectivity index (χ0v) is 6.28. The summed E-state index contributed by atoms with van der Waals surface area (Å²) in [6, 6.07) is 0. The summed E-state index contributed by atoms with van der Waals surface area (Å²) >= 11 is 0. The lowest BCUT2D eigenvalue weighted by atomic mass is 10.1. The van der Waals surface area contributed by atoms with Crippen LogP contribution in [0.4, 0.5) is 4.39 Å². The van der Waals surface area contributed by atoms with Gasteiger partial charge in [0.15, 0.2) is 0 Å². The first kappa shape index (κ1) is 9.36. The molecule has 0 bridgehead atoms. The van der Waals surface area contributed by atoms with E-state index < -0.39 is 18.1 Å². The second kappa shape index (κ2) is 3.51. The number of carbonyl (C=O) groups excluding carboxylic acids is 1. The lowest BCUT2D eigenvalue weighted by molar-refractivity contribution is -0.123. The van der Waals surface area contributed by atoms with Crippen molar-refractivity contribution in [2.24, 2.45) is 5.73 Å². The summed E-state index contributed by atoms with van der Waals surface area (Å²) in [6.45, 7) is 2.91. The van der Waals surface area contributed by atoms with Crippen LogP contribution in [-0.4, -0.2) is 24.7 Å². The van der Waals surface area contributed by atoms with Crippen LogP contribution in [0.5, 0.6) is 0 Å². The van der Waals surface area contributed by atoms with Gasteiger partial charge in [0.05, 0.1) is 5.54 Å². The zero-order chi connectivity index (χ0) is 8.20. The highest BCUT2D eigenvalue weighted by atomic mass is 19.1. The summed E-state index contributed by atoms with van der Waals surface area (Å²) in [5.74, 6) is -0.471. The Kier molecular flexibility index (Phi) is 3.28. The van der Waals surface area contributed by atoms with E-state index in [-0.39, 0.29) is 6.54 Å². The van der Waals surface area contributed by atoms with Crippen molar-refractivity contribution in [1.82, 2.24) is 5.32 Å². The van der Waals surface area contributed by atoms with Gasteiger partial charge in [-0.25, -0.2) is 4.39 Å². The highest BCUT2D eigenvalue weighted by Gasteiger charge is 2.22. The summed E-state index contributed by atoms with van der Waals surface area (Å²) in [6.07, 6.45) is 0. The van der Waals surface area contributed by atoms with Gasteiger partial charge in [0, 0.05) is 6.54 Å². The van der Waals surface area contributed by atoms with Gasteiger partial charge in [0.25, 0.3) is 0 Å². The maximum Gasteiger partial charge on any atom is 0.237 e. The summed E-state index contributed by atoms with van der Waals surface area (Å²) in [7, 11) is 0. The van der Waals surface area contributed by atoms with E-state index in [1.807, 2.05) is 0 Å². The Morgan fingerprint density at radius 2 is 2.20 bits per heavy atom. The summed E-state index contributed by atoms with van der Waals surface area (Å²) in [4.78, 5) is 10.6. The zero-order valence-electron chi connectivity index (χ0n) is 6.28. The predicted molar refractivity (Wildman–Crippen MR) is 37.3 cm³/mol. The molecule has 0 unspecified atom stereocenters. The van der Waals surface area contributed by atoms with E-state index in [0.717, 1.165) is 0 Å². The molecular weight excluding hydrogens is 135 g/mol. The van der Waals surface area contributed by atoms with Crippen molar-refractivity contribution >= 4 is 5.91 Å². The number of hydrogen-bond acceptors (Lipinski definition) is 2. The first-order valence-corrected chi connectivity index (χ1v) is 3.11. The number of rotatable bonds is 4. The van der Waals surface area contributed by atoms with Gasteiger partial charge in [0.1, 0.15) is 6.67 Å². The molecule has 10 heavy (non-hydrogen) atoms. The average molecular weight is 148 g/mol. The Hall–Kier alpha value is -0.640. The average Bonchev–Trinajstić information content (AvgIpc) is 1.84. The van der Waals surface area contributed by atoms with Gasteiger partial charge in [0.2, 0.25) is 5.91 Å². The first-order valence-electron chi connectivity index (χ1n) is 3.11. The normalized spacial score (nSPS) is 11.5. The minimum absolute atomic E-state index is 0.163. The number of nitrogens with one attached hydrogen (secondary N) is 1. The van der Waals surface area contributed by atoms with E-state index in [1.165, 1.54) is 0 Å². The van der Waals surface area contributed by atoms with Crippen molar-refractivity contribution in [1.29, 1.82) is 0 Å². The Morgan fingerprint density at radius 1 is 1.70 bits per heavy atom. The standard InChI is InChI=1S/C6H13FN2O/c1-6(2,5(8)10)9-4-3-7/h9H,3-4H2,1-2H3,(H2,8,10). The summed E-state index contributed by atoms with van der Waals surface area (Å²) < 4.78 is 11.6. The molecule has 0 spiro atoms. The summed E-state index contributed by atoms with van der Waals surface area (Å²) in [5.41, 5.74) is 4.19. The molecule has 0 radical (unpaired) electrons. The Morgan fingerprint density at radius 3 is 2.50 bits per heavy atom. The van der Waals surface area contributed by atoms with Crippen LogP contribution in [-0.2, 0) is 4.79 Å². The van der Waals surface area contributed by atoms with Crippen LogP contribution in [0.3, 0.4) is 0 Å². The van der Waals surface area contributed by atoms with Crippen molar-refractivity contribution in [2.45, 2.75) is 19.4 Å². The molecule has 0 aliphatic rings. The van der Waals surface area contributed by atoms with Gasteiger partial charge in [-0.1, -0.05) is 0 Å². The van der Waals surface area contributed by atoms with Gasteiger partial charge >= 0.3 is 0 Å². The highest BCUT2D eigenvalue weighted by Crippen LogP contribution is 1.98. The molecule has 0 aromatic carbocycles. The van der Waals surface area contributed by atoms with Crippen LogP contribution < -0.4 is 11.1 Å². The van der Waals surface area contributed by atoms with Crippen LogP contribution in [0.25, 0.3) is 0 Å². The largest absolute Gasteiger partial charge is 0.368 e. The Balaban J connectivity index is 3.75. The number of nitrogens with two attached hydrogens (primary N) is 1. The van der Waals surface area contributed by atoms with Gasteiger partial charge in [-0.05, 0) is 13.8 Å². The molecule has 0 fully saturated rings. The molecule has 0 saturated heterocycles. The molecule has 60 valence electrons. The van der Waals surface area contributed by atoms with Crippen LogP contribution in [0.2, 0.25) is 0 Å². The number of alkyl halides is 1. The van der Waals surface area contributed by atoms with Gasteiger partial charge < -0.3 is 11.1 Å². The van der Waals surface area contributed by atoms with Crippen molar-refractivity contribution < 1.29 is 9.18 Å². The SMILES string of the molecule is CC(C)(NCCF)C(N)=O. The number of amides is 1. The fourth-order valence-corrected chi connectivity index (χ4v) is 0.447. The number of halogens is 1. The second-order valence-corrected chi connectivity index (χ2v) is 2.61. The Bertz CT molecular complexity index is 125. The summed E-state index contributed by atoms with van der Waals surface area (Å²) in [5, 5.41) is 2.66. The monoisotopic (exact) mass is 148 g/mol. The molecule has 0 saturated carbocycles. The van der Waals surface area contributed by atoms with E-state index in [4.69, 9.17) is 5.73 Å². The topological polar surface area (TPSA) is 55.1 Å². The quantitative estimate of drug-likeness (QED) is 0.580. The fraction of sp³-hybridized carbons (Fsp3) is 0.833. The first-order chi connectivity index (χ1) is 4.50. The molecule has 3 nitrogen and oxygen atoms in total. The second-order valence-electron chi connectivity index (χ2n) is 2.61. The third-order valence-electron chi connectivity index (χ3n) is 1.28. The molecule has 0 aromatic heterocycles. The molecule has 0 aliphatic carbocycles. The molecule has 0 atom stereocenters. The van der Waals surface area contributed by atoms with Crippen molar-refractivity contribution in [3.8, 4) is 0 Å². The van der Waals surface area contributed by atoms with E-state index in [9.17, 15) is 9.18 Å². The van der Waals surface area contributed by atoms with Crippen molar-refractivity contribution in [3.63, 3.8) is 0 Å². The molecule has 0 aromatic rings. The van der Waals surface area contributed by atoms with Crippen LogP contribution in [0.1, 0.15) is 13.8 Å². The van der Waals surface area contributed by atoms with Gasteiger partial charge in [-0.3, -0.25) is 4.79 Å². The lowest BCUT2D eigenvalue weighted by Gasteiger charge is -2.20. The predicted octanol–water partition coefficient (Wildman–Crippen LogP) is -0.191. The van der Waals surface area contributed by atoms with Crippen molar-refractivity contribution in [2.75, 3.05) is 13.2 Å². The van der Waals surface area contributed by atoms with Crippen LogP contribution in [0.15, 0.2) is 0 Å². The lowest BCUT2D eigenvalue weighted by Crippen LogP contribution is -2.51. The molecular formula is C6H13FN2O. The minimum Gasteiger partial charge on any atom is -0.368 e. The van der Waals surface area contributed by atoms with Gasteiger partial charge in [-0.15, -0.1) is 0 Å². The van der Waals surface area contributed by atoms with E-state index >= 15 is 0 Å². The van der Waals surface area contributed by atoms with Gasteiger partial charge in [-0.2, -0.15) is 0 Å². The van der Waals surface area contributed by atoms with Crippen LogP contribution >= 0.6 is 0 Å². The maximum atomic E-state index is 11.6. The molecule has 0 aliphatic heterocycles. The number of primary amides is 1. The molecule has 4 heteroatoms. The third-order valence-corrected chi connectivity index (χ3v) is 1.28. The fourth-order valence-electron chi connectivity index (χ4n) is 0.447. The molecule has 3 N–H and O–H groups in total. The molecule has 0 heterocycles. The third kappa shape index (κ3) is 2.77. The minimum atomic E-state index is -0.800. The van der Waals surface area contributed by atoms with Crippen LogP contribution in [0, 0.1) is 0 Å². The van der Waals surface area contributed by atoms with Crippen molar-refractivity contribution in [3.05, 3.63) is 0 Å². The highest BCUT2D eigenvalue weighted by molar-refractivity contribution is 5.83. The molecule has 1 amide bonds. The number of hydrogen-bond donors (Lipinski definition) is 2. The maximum absolute atomic E-state index is 11.6. The Labute approximate surface area is 59.8 Å². The van der Waals surface area contributed by atoms with E-state index in [1.54, 1.807) is 13.8 Å². The van der Waals surface area contributed by atoms with E-state index in [0.29, 0.717) is 0 Å². The smallest absolute Gasteiger partial charge is 0.237 e. The van der Waals surface area contributed by atoms with E-state index in [2.05, 4.69) is 5.32 Å².